The van der Waals surface area contributed by atoms with E-state index in [0.717, 1.165) is 12.7 Å². The summed E-state index contributed by atoms with van der Waals surface area (Å²) in [5.74, 6) is 0.326. The number of aldehydes is 1. The maximum absolute atomic E-state index is 12.2. The first kappa shape index (κ1) is 14.8. The summed E-state index contributed by atoms with van der Waals surface area (Å²) in [6.45, 7) is 2.55. The Kier molecular flexibility index (Phi) is 5.10. The summed E-state index contributed by atoms with van der Waals surface area (Å²) in [6, 6.07) is 13.9. The molecule has 108 valence electrons. The molecule has 0 aliphatic carbocycles. The Labute approximate surface area is 123 Å². The van der Waals surface area contributed by atoms with Crippen LogP contribution >= 0.6 is 0 Å². The van der Waals surface area contributed by atoms with Gasteiger partial charge in [0.25, 0.3) is 5.91 Å². The van der Waals surface area contributed by atoms with E-state index >= 15 is 0 Å². The standard InChI is InChI=1S/C17H17NO3/c1-2-10-21-16-9-8-13(12-19)11-15(16)18-17(20)14-6-4-3-5-7-14/h3-9,11-12H,2,10H2,1H3,(H,18,20). The van der Waals surface area contributed by atoms with Gasteiger partial charge in [0.2, 0.25) is 0 Å². The van der Waals surface area contributed by atoms with E-state index in [1.54, 1.807) is 42.5 Å². The quantitative estimate of drug-likeness (QED) is 0.825. The highest BCUT2D eigenvalue weighted by atomic mass is 16.5. The first-order valence-electron chi connectivity index (χ1n) is 6.83. The lowest BCUT2D eigenvalue weighted by Gasteiger charge is -2.12. The molecule has 0 atom stereocenters. The second kappa shape index (κ2) is 7.24. The maximum Gasteiger partial charge on any atom is 0.255 e. The number of carbonyl (C=O) groups is 2. The van der Waals surface area contributed by atoms with E-state index in [-0.39, 0.29) is 5.91 Å². The highest BCUT2D eigenvalue weighted by molar-refractivity contribution is 6.05. The predicted octanol–water partition coefficient (Wildman–Crippen LogP) is 3.54. The lowest BCUT2D eigenvalue weighted by molar-refractivity contribution is 0.102. The molecule has 0 heterocycles. The van der Waals surface area contributed by atoms with E-state index in [0.29, 0.717) is 29.2 Å². The fourth-order valence-corrected chi connectivity index (χ4v) is 1.84. The van der Waals surface area contributed by atoms with E-state index in [1.807, 2.05) is 13.0 Å². The molecular formula is C17H17NO3. The summed E-state index contributed by atoms with van der Waals surface area (Å²) >= 11 is 0. The Morgan fingerprint density at radius 2 is 1.95 bits per heavy atom. The second-order valence-corrected chi connectivity index (χ2v) is 4.54. The molecule has 4 heteroatoms. The van der Waals surface area contributed by atoms with Crippen LogP contribution in [0.25, 0.3) is 0 Å². The molecule has 0 aliphatic rings. The Bertz CT molecular complexity index is 623. The van der Waals surface area contributed by atoms with Gasteiger partial charge < -0.3 is 10.1 Å². The molecule has 0 saturated carbocycles. The van der Waals surface area contributed by atoms with Crippen LogP contribution in [-0.4, -0.2) is 18.8 Å². The first-order chi connectivity index (χ1) is 10.2. The summed E-state index contributed by atoms with van der Waals surface area (Å²) in [6.07, 6.45) is 1.60. The summed E-state index contributed by atoms with van der Waals surface area (Å²) in [7, 11) is 0. The lowest BCUT2D eigenvalue weighted by Crippen LogP contribution is -2.13. The molecule has 0 aromatic heterocycles. The fraction of sp³-hybridized carbons (Fsp3) is 0.176. The predicted molar refractivity (Wildman–Crippen MR) is 82.0 cm³/mol. The molecule has 0 spiro atoms. The van der Waals surface area contributed by atoms with Crippen LogP contribution in [0.5, 0.6) is 5.75 Å². The van der Waals surface area contributed by atoms with Crippen LogP contribution in [0.3, 0.4) is 0 Å². The molecule has 1 amide bonds. The molecular weight excluding hydrogens is 266 g/mol. The SMILES string of the molecule is CCCOc1ccc(C=O)cc1NC(=O)c1ccccc1. The van der Waals surface area contributed by atoms with Crippen molar-refractivity contribution in [1.82, 2.24) is 0 Å². The molecule has 0 aliphatic heterocycles. The van der Waals surface area contributed by atoms with Gasteiger partial charge in [-0.1, -0.05) is 25.1 Å². The molecule has 21 heavy (non-hydrogen) atoms. The molecule has 0 saturated heterocycles. The maximum atomic E-state index is 12.2. The number of amides is 1. The van der Waals surface area contributed by atoms with Crippen LogP contribution in [0.15, 0.2) is 48.5 Å². The molecule has 0 fully saturated rings. The lowest BCUT2D eigenvalue weighted by atomic mass is 10.1. The van der Waals surface area contributed by atoms with Crippen molar-refractivity contribution in [3.63, 3.8) is 0 Å². The number of nitrogens with one attached hydrogen (secondary N) is 1. The monoisotopic (exact) mass is 283 g/mol. The van der Waals surface area contributed by atoms with Crippen molar-refractivity contribution in [2.45, 2.75) is 13.3 Å². The van der Waals surface area contributed by atoms with Gasteiger partial charge in [-0.05, 0) is 36.8 Å². The third-order valence-electron chi connectivity index (χ3n) is 2.89. The van der Waals surface area contributed by atoms with Crippen molar-refractivity contribution in [3.05, 3.63) is 59.7 Å². The van der Waals surface area contributed by atoms with E-state index in [4.69, 9.17) is 4.74 Å². The van der Waals surface area contributed by atoms with Gasteiger partial charge >= 0.3 is 0 Å². The van der Waals surface area contributed by atoms with Gasteiger partial charge in [0.15, 0.2) is 0 Å². The van der Waals surface area contributed by atoms with E-state index in [1.165, 1.54) is 0 Å². The molecule has 2 aromatic carbocycles. The molecule has 2 rings (SSSR count). The zero-order chi connectivity index (χ0) is 15.1. The fourth-order valence-electron chi connectivity index (χ4n) is 1.84. The normalized spacial score (nSPS) is 9.95. The summed E-state index contributed by atoms with van der Waals surface area (Å²) in [5, 5.41) is 2.79. The molecule has 0 bridgehead atoms. The Hall–Kier alpha value is -2.62. The first-order valence-corrected chi connectivity index (χ1v) is 6.83. The van der Waals surface area contributed by atoms with Crippen molar-refractivity contribution in [2.24, 2.45) is 0 Å². The van der Waals surface area contributed by atoms with Crippen LogP contribution in [0.2, 0.25) is 0 Å². The van der Waals surface area contributed by atoms with E-state index in [9.17, 15) is 9.59 Å². The number of benzene rings is 2. The molecule has 4 nitrogen and oxygen atoms in total. The zero-order valence-electron chi connectivity index (χ0n) is 11.8. The van der Waals surface area contributed by atoms with Gasteiger partial charge in [-0.15, -0.1) is 0 Å². The molecule has 1 N–H and O–H groups in total. The zero-order valence-corrected chi connectivity index (χ0v) is 11.8. The van der Waals surface area contributed by atoms with Crippen LogP contribution < -0.4 is 10.1 Å². The van der Waals surface area contributed by atoms with Crippen molar-refractivity contribution < 1.29 is 14.3 Å². The van der Waals surface area contributed by atoms with Crippen molar-refractivity contribution in [3.8, 4) is 5.75 Å². The van der Waals surface area contributed by atoms with E-state index < -0.39 is 0 Å². The van der Waals surface area contributed by atoms with Gasteiger partial charge in [0.1, 0.15) is 12.0 Å². The van der Waals surface area contributed by atoms with Crippen molar-refractivity contribution in [1.29, 1.82) is 0 Å². The Morgan fingerprint density at radius 1 is 1.19 bits per heavy atom. The third kappa shape index (κ3) is 3.92. The average Bonchev–Trinajstić information content (AvgIpc) is 2.54. The largest absolute Gasteiger partial charge is 0.491 e. The number of hydrogen-bond acceptors (Lipinski definition) is 3. The van der Waals surface area contributed by atoms with Gasteiger partial charge in [-0.3, -0.25) is 9.59 Å². The minimum atomic E-state index is -0.236. The van der Waals surface area contributed by atoms with Gasteiger partial charge in [0.05, 0.1) is 12.3 Å². The molecule has 2 aromatic rings. The summed E-state index contributed by atoms with van der Waals surface area (Å²) < 4.78 is 5.59. The van der Waals surface area contributed by atoms with Crippen LogP contribution in [0, 0.1) is 0 Å². The van der Waals surface area contributed by atoms with Crippen molar-refractivity contribution >= 4 is 17.9 Å². The highest BCUT2D eigenvalue weighted by Crippen LogP contribution is 2.26. The summed E-state index contributed by atoms with van der Waals surface area (Å²) in [4.78, 5) is 23.1. The van der Waals surface area contributed by atoms with Crippen molar-refractivity contribution in [2.75, 3.05) is 11.9 Å². The van der Waals surface area contributed by atoms with Crippen LogP contribution in [-0.2, 0) is 0 Å². The number of carbonyl (C=O) groups excluding carboxylic acids is 2. The average molecular weight is 283 g/mol. The van der Waals surface area contributed by atoms with Crippen LogP contribution in [0.1, 0.15) is 34.1 Å². The number of rotatable bonds is 6. The third-order valence-corrected chi connectivity index (χ3v) is 2.89. The van der Waals surface area contributed by atoms with E-state index in [2.05, 4.69) is 5.32 Å². The smallest absolute Gasteiger partial charge is 0.255 e. The molecule has 0 radical (unpaired) electrons. The summed E-state index contributed by atoms with van der Waals surface area (Å²) in [5.41, 5.74) is 1.54. The van der Waals surface area contributed by atoms with Gasteiger partial charge in [-0.2, -0.15) is 0 Å². The highest BCUT2D eigenvalue weighted by Gasteiger charge is 2.10. The topological polar surface area (TPSA) is 55.4 Å². The van der Waals surface area contributed by atoms with Gasteiger partial charge in [-0.25, -0.2) is 0 Å². The minimum absolute atomic E-state index is 0.236. The minimum Gasteiger partial charge on any atom is -0.491 e. The van der Waals surface area contributed by atoms with Gasteiger partial charge in [0, 0.05) is 11.1 Å². The number of anilines is 1. The molecule has 0 unspecified atom stereocenters. The Morgan fingerprint density at radius 3 is 2.62 bits per heavy atom. The Balaban J connectivity index is 2.24. The number of ether oxygens (including phenoxy) is 1. The second-order valence-electron chi connectivity index (χ2n) is 4.54. The van der Waals surface area contributed by atoms with Crippen LogP contribution in [0.4, 0.5) is 5.69 Å². The number of hydrogen-bond donors (Lipinski definition) is 1.